The van der Waals surface area contributed by atoms with Gasteiger partial charge in [0.1, 0.15) is 4.34 Å². The van der Waals surface area contributed by atoms with Crippen molar-refractivity contribution < 1.29 is 0 Å². The van der Waals surface area contributed by atoms with Crippen molar-refractivity contribution in [1.82, 2.24) is 10.3 Å². The fourth-order valence-corrected chi connectivity index (χ4v) is 4.24. The van der Waals surface area contributed by atoms with Crippen LogP contribution in [0.15, 0.2) is 9.72 Å². The van der Waals surface area contributed by atoms with Crippen LogP contribution in [-0.4, -0.2) is 22.8 Å². The number of hydrogen-bond acceptors (Lipinski definition) is 4. The van der Waals surface area contributed by atoms with Gasteiger partial charge >= 0.3 is 0 Å². The van der Waals surface area contributed by atoms with Crippen molar-refractivity contribution in [3.05, 3.63) is 11.1 Å². The summed E-state index contributed by atoms with van der Waals surface area (Å²) in [6, 6.07) is 0.615. The van der Waals surface area contributed by atoms with E-state index in [1.54, 1.807) is 11.3 Å². The lowest BCUT2D eigenvalue weighted by molar-refractivity contribution is 0.465. The van der Waals surface area contributed by atoms with Gasteiger partial charge in [-0.2, -0.15) is 0 Å². The van der Waals surface area contributed by atoms with Crippen molar-refractivity contribution in [3.63, 3.8) is 0 Å². The van der Waals surface area contributed by atoms with E-state index in [0.717, 1.165) is 12.2 Å². The van der Waals surface area contributed by atoms with Gasteiger partial charge in [-0.1, -0.05) is 39.0 Å². The van der Waals surface area contributed by atoms with Crippen LogP contribution in [-0.2, 0) is 0 Å². The lowest BCUT2D eigenvalue weighted by Gasteiger charge is -2.25. The summed E-state index contributed by atoms with van der Waals surface area (Å²) >= 11 is 3.71. The molecule has 0 bridgehead atoms. The van der Waals surface area contributed by atoms with Gasteiger partial charge in [0, 0.05) is 22.4 Å². The monoisotopic (exact) mass is 272 g/mol. The van der Waals surface area contributed by atoms with Gasteiger partial charge in [-0.3, -0.25) is 0 Å². The Morgan fingerprint density at radius 3 is 2.65 bits per heavy atom. The number of thiazole rings is 1. The molecule has 1 rings (SSSR count). The summed E-state index contributed by atoms with van der Waals surface area (Å²) in [5.41, 5.74) is 1.14. The Morgan fingerprint density at radius 1 is 1.41 bits per heavy atom. The van der Waals surface area contributed by atoms with E-state index in [2.05, 4.69) is 43.4 Å². The standard InChI is InChI=1S/C13H24N2S2/c1-5-8-11(14-7-3)12(6-2)17-13-15-10(4)9-16-13/h9,11-12,14H,5-8H2,1-4H3. The van der Waals surface area contributed by atoms with Gasteiger partial charge < -0.3 is 5.32 Å². The summed E-state index contributed by atoms with van der Waals surface area (Å²) in [5, 5.41) is 6.39. The molecule has 0 aliphatic carbocycles. The lowest BCUT2D eigenvalue weighted by Crippen LogP contribution is -2.37. The highest BCUT2D eigenvalue weighted by Gasteiger charge is 2.20. The molecule has 0 aliphatic rings. The third-order valence-corrected chi connectivity index (χ3v) is 5.35. The van der Waals surface area contributed by atoms with Gasteiger partial charge in [0.25, 0.3) is 0 Å². The van der Waals surface area contributed by atoms with Crippen LogP contribution < -0.4 is 5.32 Å². The lowest BCUT2D eigenvalue weighted by atomic mass is 10.1. The van der Waals surface area contributed by atoms with E-state index in [0.29, 0.717) is 11.3 Å². The Balaban J connectivity index is 2.61. The third kappa shape index (κ3) is 4.98. The normalized spacial score (nSPS) is 14.8. The molecule has 1 aromatic heterocycles. The highest BCUT2D eigenvalue weighted by Crippen LogP contribution is 2.31. The maximum absolute atomic E-state index is 4.55. The molecule has 4 heteroatoms. The highest BCUT2D eigenvalue weighted by atomic mass is 32.2. The topological polar surface area (TPSA) is 24.9 Å². The maximum atomic E-state index is 4.55. The average Bonchev–Trinajstić information content (AvgIpc) is 2.72. The molecule has 0 saturated carbocycles. The van der Waals surface area contributed by atoms with E-state index in [1.165, 1.54) is 23.6 Å². The van der Waals surface area contributed by atoms with Crippen molar-refractivity contribution in [2.24, 2.45) is 0 Å². The first-order chi connectivity index (χ1) is 8.21. The Bertz CT molecular complexity index is 306. The molecule has 0 radical (unpaired) electrons. The molecule has 0 fully saturated rings. The molecular formula is C13H24N2S2. The second-order valence-electron chi connectivity index (χ2n) is 4.27. The first-order valence-corrected chi connectivity index (χ1v) is 8.29. The molecule has 0 aromatic carbocycles. The minimum absolute atomic E-state index is 0.615. The van der Waals surface area contributed by atoms with Crippen molar-refractivity contribution in [2.75, 3.05) is 6.54 Å². The molecule has 0 saturated heterocycles. The summed E-state index contributed by atoms with van der Waals surface area (Å²) in [5.74, 6) is 0. The largest absolute Gasteiger partial charge is 0.313 e. The minimum Gasteiger partial charge on any atom is -0.313 e. The van der Waals surface area contributed by atoms with Crippen LogP contribution >= 0.6 is 23.1 Å². The molecule has 2 nitrogen and oxygen atoms in total. The zero-order valence-corrected chi connectivity index (χ0v) is 13.0. The number of hydrogen-bond donors (Lipinski definition) is 1. The van der Waals surface area contributed by atoms with Gasteiger partial charge in [-0.05, 0) is 26.3 Å². The quantitative estimate of drug-likeness (QED) is 0.721. The average molecular weight is 272 g/mol. The number of nitrogens with one attached hydrogen (secondary N) is 1. The first-order valence-electron chi connectivity index (χ1n) is 6.53. The molecular weight excluding hydrogens is 248 g/mol. The summed E-state index contributed by atoms with van der Waals surface area (Å²) in [6.45, 7) is 9.84. The molecule has 98 valence electrons. The molecule has 2 unspecified atom stereocenters. The summed E-state index contributed by atoms with van der Waals surface area (Å²) in [4.78, 5) is 4.55. The van der Waals surface area contributed by atoms with Crippen molar-refractivity contribution in [2.45, 2.75) is 62.6 Å². The van der Waals surface area contributed by atoms with E-state index in [1.807, 2.05) is 11.8 Å². The SMILES string of the molecule is CCCC(NCC)C(CC)Sc1nc(C)cs1. The fraction of sp³-hybridized carbons (Fsp3) is 0.769. The summed E-state index contributed by atoms with van der Waals surface area (Å²) in [6.07, 6.45) is 3.69. The van der Waals surface area contributed by atoms with Gasteiger partial charge in [0.05, 0.1) is 0 Å². The zero-order valence-electron chi connectivity index (χ0n) is 11.3. The summed E-state index contributed by atoms with van der Waals surface area (Å²) in [7, 11) is 0. The Labute approximate surface area is 114 Å². The molecule has 0 aliphatic heterocycles. The Kier molecular flexibility index (Phi) is 7.16. The molecule has 1 aromatic rings. The van der Waals surface area contributed by atoms with E-state index >= 15 is 0 Å². The van der Waals surface area contributed by atoms with Crippen molar-refractivity contribution in [1.29, 1.82) is 0 Å². The molecule has 1 heterocycles. The van der Waals surface area contributed by atoms with Crippen LogP contribution in [0.5, 0.6) is 0 Å². The second-order valence-corrected chi connectivity index (χ2v) is 6.62. The number of rotatable bonds is 8. The van der Waals surface area contributed by atoms with Crippen molar-refractivity contribution >= 4 is 23.1 Å². The van der Waals surface area contributed by atoms with Gasteiger partial charge in [0.2, 0.25) is 0 Å². The number of nitrogens with zero attached hydrogens (tertiary/aromatic N) is 1. The van der Waals surface area contributed by atoms with Crippen LogP contribution in [0, 0.1) is 6.92 Å². The fourth-order valence-electron chi connectivity index (χ4n) is 1.96. The van der Waals surface area contributed by atoms with E-state index < -0.39 is 0 Å². The summed E-state index contributed by atoms with van der Waals surface area (Å²) < 4.78 is 1.22. The van der Waals surface area contributed by atoms with E-state index in [4.69, 9.17) is 0 Å². The third-order valence-electron chi connectivity index (χ3n) is 2.77. The van der Waals surface area contributed by atoms with Crippen LogP contribution in [0.3, 0.4) is 0 Å². The minimum atomic E-state index is 0.615. The predicted octanol–water partition coefficient (Wildman–Crippen LogP) is 4.10. The van der Waals surface area contributed by atoms with Crippen LogP contribution in [0.25, 0.3) is 0 Å². The molecule has 0 amide bonds. The van der Waals surface area contributed by atoms with Crippen molar-refractivity contribution in [3.8, 4) is 0 Å². The molecule has 2 atom stereocenters. The second kappa shape index (κ2) is 8.11. The Morgan fingerprint density at radius 2 is 2.18 bits per heavy atom. The predicted molar refractivity (Wildman–Crippen MR) is 79.2 cm³/mol. The number of aromatic nitrogens is 1. The zero-order chi connectivity index (χ0) is 12.7. The van der Waals surface area contributed by atoms with E-state index in [9.17, 15) is 0 Å². The van der Waals surface area contributed by atoms with Crippen LogP contribution in [0.1, 0.15) is 45.7 Å². The van der Waals surface area contributed by atoms with Gasteiger partial charge in [-0.15, -0.1) is 11.3 Å². The molecule has 17 heavy (non-hydrogen) atoms. The number of aryl methyl sites for hydroxylation is 1. The highest BCUT2D eigenvalue weighted by molar-refractivity contribution is 8.01. The van der Waals surface area contributed by atoms with Gasteiger partial charge in [0.15, 0.2) is 0 Å². The molecule has 0 spiro atoms. The molecule has 1 N–H and O–H groups in total. The smallest absolute Gasteiger partial charge is 0.150 e. The maximum Gasteiger partial charge on any atom is 0.150 e. The first kappa shape index (κ1) is 15.0. The van der Waals surface area contributed by atoms with Gasteiger partial charge in [-0.25, -0.2) is 4.98 Å². The van der Waals surface area contributed by atoms with Crippen LogP contribution in [0.2, 0.25) is 0 Å². The van der Waals surface area contributed by atoms with Crippen LogP contribution in [0.4, 0.5) is 0 Å². The Hall–Kier alpha value is -0.0600. The number of thioether (sulfide) groups is 1. The van der Waals surface area contributed by atoms with E-state index in [-0.39, 0.29) is 0 Å².